The van der Waals surface area contributed by atoms with Crippen LogP contribution in [-0.4, -0.2) is 32.4 Å². The first-order valence-electron chi connectivity index (χ1n) is 9.44. The molecular formula is C23H24N2O4. The van der Waals surface area contributed by atoms with Gasteiger partial charge in [0.15, 0.2) is 18.1 Å². The Hall–Kier alpha value is -3.54. The van der Waals surface area contributed by atoms with Crippen LogP contribution in [0.25, 0.3) is 10.8 Å². The molecule has 0 aliphatic rings. The first kappa shape index (κ1) is 20.2. The van der Waals surface area contributed by atoms with Gasteiger partial charge in [-0.05, 0) is 41.6 Å². The molecule has 0 aromatic heterocycles. The number of methoxy groups -OCH3 is 1. The first-order chi connectivity index (χ1) is 14.2. The van der Waals surface area contributed by atoms with Crippen molar-refractivity contribution >= 4 is 22.9 Å². The van der Waals surface area contributed by atoms with Gasteiger partial charge < -0.3 is 14.2 Å². The summed E-state index contributed by atoms with van der Waals surface area (Å²) in [6, 6.07) is 19.1. The summed E-state index contributed by atoms with van der Waals surface area (Å²) in [7, 11) is 1.58. The molecule has 0 spiro atoms. The average Bonchev–Trinajstić information content (AvgIpc) is 2.76. The fourth-order valence-electron chi connectivity index (χ4n) is 2.77. The lowest BCUT2D eigenvalue weighted by atomic mass is 10.1. The van der Waals surface area contributed by atoms with Crippen molar-refractivity contribution in [1.82, 2.24) is 5.43 Å². The zero-order valence-electron chi connectivity index (χ0n) is 16.6. The molecule has 29 heavy (non-hydrogen) atoms. The van der Waals surface area contributed by atoms with Crippen LogP contribution >= 0.6 is 0 Å². The Morgan fingerprint density at radius 3 is 2.66 bits per heavy atom. The summed E-state index contributed by atoms with van der Waals surface area (Å²) in [5.41, 5.74) is 3.25. The number of nitrogens with one attached hydrogen (secondary N) is 1. The van der Waals surface area contributed by atoms with Gasteiger partial charge in [0.25, 0.3) is 5.91 Å². The molecule has 6 heteroatoms. The maximum Gasteiger partial charge on any atom is 0.277 e. The molecular weight excluding hydrogens is 368 g/mol. The van der Waals surface area contributed by atoms with Crippen molar-refractivity contribution in [1.29, 1.82) is 0 Å². The van der Waals surface area contributed by atoms with Crippen LogP contribution in [0.5, 0.6) is 17.2 Å². The van der Waals surface area contributed by atoms with E-state index in [1.165, 1.54) is 0 Å². The van der Waals surface area contributed by atoms with Gasteiger partial charge in [0.05, 0.1) is 19.9 Å². The fourth-order valence-corrected chi connectivity index (χ4v) is 2.77. The molecule has 0 bridgehead atoms. The minimum Gasteiger partial charge on any atom is -0.493 e. The van der Waals surface area contributed by atoms with Gasteiger partial charge in [-0.3, -0.25) is 4.79 Å². The van der Waals surface area contributed by atoms with E-state index in [9.17, 15) is 4.79 Å². The second-order valence-electron chi connectivity index (χ2n) is 6.32. The lowest BCUT2D eigenvalue weighted by molar-refractivity contribution is -0.123. The maximum atomic E-state index is 12.0. The van der Waals surface area contributed by atoms with Gasteiger partial charge in [-0.25, -0.2) is 5.43 Å². The van der Waals surface area contributed by atoms with Gasteiger partial charge in [0.2, 0.25) is 0 Å². The molecule has 6 nitrogen and oxygen atoms in total. The van der Waals surface area contributed by atoms with E-state index in [0.717, 1.165) is 22.8 Å². The smallest absolute Gasteiger partial charge is 0.277 e. The topological polar surface area (TPSA) is 69.2 Å². The fraction of sp³-hybridized carbons (Fsp3) is 0.217. The lowest BCUT2D eigenvalue weighted by Gasteiger charge is -2.10. The second-order valence-corrected chi connectivity index (χ2v) is 6.32. The van der Waals surface area contributed by atoms with E-state index in [1.807, 2.05) is 61.5 Å². The minimum atomic E-state index is -0.343. The van der Waals surface area contributed by atoms with Crippen LogP contribution in [0.2, 0.25) is 0 Å². The highest BCUT2D eigenvalue weighted by Gasteiger charge is 2.06. The van der Waals surface area contributed by atoms with Crippen molar-refractivity contribution in [2.45, 2.75) is 13.3 Å². The lowest BCUT2D eigenvalue weighted by Crippen LogP contribution is -2.24. The zero-order chi connectivity index (χ0) is 20.5. The predicted molar refractivity (Wildman–Crippen MR) is 114 cm³/mol. The molecule has 0 radical (unpaired) electrons. The number of carbonyl (C=O) groups is 1. The van der Waals surface area contributed by atoms with Gasteiger partial charge in [-0.15, -0.1) is 0 Å². The van der Waals surface area contributed by atoms with E-state index >= 15 is 0 Å². The van der Waals surface area contributed by atoms with Crippen molar-refractivity contribution < 1.29 is 19.0 Å². The predicted octanol–water partition coefficient (Wildman–Crippen LogP) is 4.17. The molecule has 3 aromatic carbocycles. The minimum absolute atomic E-state index is 0.127. The normalized spacial score (nSPS) is 10.8. The van der Waals surface area contributed by atoms with E-state index < -0.39 is 0 Å². The van der Waals surface area contributed by atoms with Crippen molar-refractivity contribution in [2.75, 3.05) is 20.3 Å². The van der Waals surface area contributed by atoms with E-state index in [4.69, 9.17) is 14.2 Å². The summed E-state index contributed by atoms with van der Waals surface area (Å²) in [5.74, 6) is 1.62. The third kappa shape index (κ3) is 5.48. The number of hydrogen-bond acceptors (Lipinski definition) is 5. The number of rotatable bonds is 9. The first-order valence-corrected chi connectivity index (χ1v) is 9.44. The highest BCUT2D eigenvalue weighted by atomic mass is 16.5. The summed E-state index contributed by atoms with van der Waals surface area (Å²) in [6.07, 6.45) is 2.46. The highest BCUT2D eigenvalue weighted by Crippen LogP contribution is 2.27. The van der Waals surface area contributed by atoms with Crippen LogP contribution in [0.15, 0.2) is 65.8 Å². The summed E-state index contributed by atoms with van der Waals surface area (Å²) in [5, 5.41) is 6.00. The van der Waals surface area contributed by atoms with E-state index in [0.29, 0.717) is 23.9 Å². The third-order valence-corrected chi connectivity index (χ3v) is 4.16. The van der Waals surface area contributed by atoms with E-state index in [1.54, 1.807) is 19.4 Å². The molecule has 0 saturated heterocycles. The highest BCUT2D eigenvalue weighted by molar-refractivity contribution is 5.89. The SMILES string of the molecule is CCCOc1ccc(/C=N/NC(=O)COc2cccc3ccccc23)cc1OC. The van der Waals surface area contributed by atoms with E-state index in [2.05, 4.69) is 10.5 Å². The summed E-state index contributed by atoms with van der Waals surface area (Å²) in [4.78, 5) is 12.0. The number of fused-ring (bicyclic) bond motifs is 1. The Labute approximate surface area is 170 Å². The number of amides is 1. The zero-order valence-corrected chi connectivity index (χ0v) is 16.6. The Kier molecular flexibility index (Phi) is 7.05. The van der Waals surface area contributed by atoms with Gasteiger partial charge in [0.1, 0.15) is 5.75 Å². The molecule has 0 aliphatic heterocycles. The van der Waals surface area contributed by atoms with Crippen LogP contribution < -0.4 is 19.6 Å². The second kappa shape index (κ2) is 10.1. The van der Waals surface area contributed by atoms with Gasteiger partial charge in [0, 0.05) is 5.39 Å². The molecule has 150 valence electrons. The molecule has 3 aromatic rings. The van der Waals surface area contributed by atoms with Crippen LogP contribution in [-0.2, 0) is 4.79 Å². The summed E-state index contributed by atoms with van der Waals surface area (Å²) < 4.78 is 16.6. The van der Waals surface area contributed by atoms with Crippen molar-refractivity contribution in [3.63, 3.8) is 0 Å². The number of hydrazone groups is 1. The maximum absolute atomic E-state index is 12.0. The standard InChI is InChI=1S/C23H24N2O4/c1-3-13-28-21-12-11-17(14-22(21)27-2)15-24-25-23(26)16-29-20-10-6-8-18-7-4-5-9-19(18)20/h4-12,14-15H,3,13,16H2,1-2H3,(H,25,26)/b24-15+. The number of ether oxygens (including phenoxy) is 3. The van der Waals surface area contributed by atoms with Gasteiger partial charge in [-0.2, -0.15) is 5.10 Å². The van der Waals surface area contributed by atoms with Crippen molar-refractivity contribution in [3.8, 4) is 17.2 Å². The molecule has 1 N–H and O–H groups in total. The number of carbonyl (C=O) groups excluding carboxylic acids is 1. The van der Waals surface area contributed by atoms with Gasteiger partial charge >= 0.3 is 0 Å². The Bertz CT molecular complexity index is 996. The molecule has 0 fully saturated rings. The van der Waals surface area contributed by atoms with Crippen LogP contribution in [0.1, 0.15) is 18.9 Å². The monoisotopic (exact) mass is 392 g/mol. The number of nitrogens with zero attached hydrogens (tertiary/aromatic N) is 1. The molecule has 1 amide bonds. The van der Waals surface area contributed by atoms with Crippen LogP contribution in [0, 0.1) is 0 Å². The number of hydrogen-bond donors (Lipinski definition) is 1. The third-order valence-electron chi connectivity index (χ3n) is 4.16. The van der Waals surface area contributed by atoms with Crippen molar-refractivity contribution in [2.24, 2.45) is 5.10 Å². The Balaban J connectivity index is 1.55. The molecule has 0 saturated carbocycles. The average molecular weight is 392 g/mol. The molecule has 0 unspecified atom stereocenters. The Morgan fingerprint density at radius 1 is 1.00 bits per heavy atom. The molecule has 0 aliphatic carbocycles. The van der Waals surface area contributed by atoms with Crippen LogP contribution in [0.3, 0.4) is 0 Å². The quantitative estimate of drug-likeness (QED) is 0.438. The van der Waals surface area contributed by atoms with Gasteiger partial charge in [-0.1, -0.05) is 43.3 Å². The molecule has 3 rings (SSSR count). The largest absolute Gasteiger partial charge is 0.493 e. The molecule has 0 heterocycles. The van der Waals surface area contributed by atoms with Crippen LogP contribution in [0.4, 0.5) is 0 Å². The Morgan fingerprint density at radius 2 is 1.83 bits per heavy atom. The van der Waals surface area contributed by atoms with E-state index in [-0.39, 0.29) is 12.5 Å². The summed E-state index contributed by atoms with van der Waals surface area (Å²) >= 11 is 0. The number of benzene rings is 3. The van der Waals surface area contributed by atoms with Crippen molar-refractivity contribution in [3.05, 3.63) is 66.2 Å². The molecule has 0 atom stereocenters. The summed E-state index contributed by atoms with van der Waals surface area (Å²) in [6.45, 7) is 2.54.